The molecule has 1 saturated heterocycles. The first-order valence-electron chi connectivity index (χ1n) is 4.78. The second-order valence-corrected chi connectivity index (χ2v) is 6.30. The average Bonchev–Trinajstić information content (AvgIpc) is 2.19. The third-order valence-electron chi connectivity index (χ3n) is 2.54. The molecule has 5 heteroatoms. The SMILES string of the molecule is O=S1(=O)CCN(c2ccccc2Cl)CC1. The normalized spacial score (nSPS) is 20.2. The molecule has 1 heterocycles. The predicted molar refractivity (Wildman–Crippen MR) is 62.3 cm³/mol. The monoisotopic (exact) mass is 245 g/mol. The summed E-state index contributed by atoms with van der Waals surface area (Å²) in [6, 6.07) is 7.51. The van der Waals surface area contributed by atoms with E-state index in [-0.39, 0.29) is 11.5 Å². The number of hydrogen-bond donors (Lipinski definition) is 0. The van der Waals surface area contributed by atoms with E-state index in [1.807, 2.05) is 29.2 Å². The number of benzene rings is 1. The molecule has 0 N–H and O–H groups in total. The Hall–Kier alpha value is -0.740. The molecule has 2 rings (SSSR count). The Morgan fingerprint density at radius 3 is 2.33 bits per heavy atom. The van der Waals surface area contributed by atoms with E-state index < -0.39 is 9.84 Å². The summed E-state index contributed by atoms with van der Waals surface area (Å²) >= 11 is 6.04. The quantitative estimate of drug-likeness (QED) is 0.754. The van der Waals surface area contributed by atoms with Gasteiger partial charge in [-0.05, 0) is 12.1 Å². The van der Waals surface area contributed by atoms with Crippen LogP contribution in [0.3, 0.4) is 0 Å². The highest BCUT2D eigenvalue weighted by molar-refractivity contribution is 7.91. The van der Waals surface area contributed by atoms with E-state index in [9.17, 15) is 8.42 Å². The van der Waals surface area contributed by atoms with Crippen LogP contribution in [0.2, 0.25) is 5.02 Å². The van der Waals surface area contributed by atoms with Gasteiger partial charge >= 0.3 is 0 Å². The third-order valence-corrected chi connectivity index (χ3v) is 4.47. The summed E-state index contributed by atoms with van der Waals surface area (Å²) in [7, 11) is -2.82. The van der Waals surface area contributed by atoms with Gasteiger partial charge in [0.05, 0.1) is 22.2 Å². The topological polar surface area (TPSA) is 37.4 Å². The summed E-state index contributed by atoms with van der Waals surface area (Å²) in [6.07, 6.45) is 0. The Kier molecular flexibility index (Phi) is 2.89. The Morgan fingerprint density at radius 1 is 1.13 bits per heavy atom. The predicted octanol–water partition coefficient (Wildman–Crippen LogP) is 1.57. The van der Waals surface area contributed by atoms with Crippen molar-refractivity contribution < 1.29 is 8.42 Å². The van der Waals surface area contributed by atoms with Crippen molar-refractivity contribution in [1.82, 2.24) is 0 Å². The molecule has 1 aliphatic rings. The Labute approximate surface area is 94.6 Å². The summed E-state index contributed by atoms with van der Waals surface area (Å²) < 4.78 is 22.5. The molecule has 1 aromatic rings. The molecule has 1 fully saturated rings. The van der Waals surface area contributed by atoms with Crippen molar-refractivity contribution in [2.24, 2.45) is 0 Å². The summed E-state index contributed by atoms with van der Waals surface area (Å²) in [6.45, 7) is 1.07. The molecule has 1 aromatic carbocycles. The van der Waals surface area contributed by atoms with E-state index in [0.29, 0.717) is 18.1 Å². The number of halogens is 1. The molecule has 0 amide bonds. The molecule has 0 aliphatic carbocycles. The van der Waals surface area contributed by atoms with E-state index in [1.165, 1.54) is 0 Å². The molecule has 3 nitrogen and oxygen atoms in total. The smallest absolute Gasteiger partial charge is 0.153 e. The van der Waals surface area contributed by atoms with Crippen LogP contribution >= 0.6 is 11.6 Å². The second-order valence-electron chi connectivity index (χ2n) is 3.59. The summed E-state index contributed by atoms with van der Waals surface area (Å²) in [5, 5.41) is 0.678. The fourth-order valence-electron chi connectivity index (χ4n) is 1.66. The first-order valence-corrected chi connectivity index (χ1v) is 6.98. The van der Waals surface area contributed by atoms with Gasteiger partial charge in [-0.15, -0.1) is 0 Å². The molecule has 0 radical (unpaired) electrons. The van der Waals surface area contributed by atoms with Crippen molar-refractivity contribution in [3.63, 3.8) is 0 Å². The van der Waals surface area contributed by atoms with Crippen LogP contribution in [0.15, 0.2) is 24.3 Å². The standard InChI is InChI=1S/C10H12ClNO2S/c11-9-3-1-2-4-10(9)12-5-7-15(13,14)8-6-12/h1-4H,5-8H2. The fourth-order valence-corrected chi connectivity index (χ4v) is 3.12. The van der Waals surface area contributed by atoms with Gasteiger partial charge in [-0.2, -0.15) is 0 Å². The highest BCUT2D eigenvalue weighted by Gasteiger charge is 2.22. The minimum Gasteiger partial charge on any atom is -0.368 e. The molecule has 15 heavy (non-hydrogen) atoms. The van der Waals surface area contributed by atoms with Crippen LogP contribution in [0.5, 0.6) is 0 Å². The van der Waals surface area contributed by atoms with E-state index in [4.69, 9.17) is 11.6 Å². The maximum absolute atomic E-state index is 11.3. The second kappa shape index (κ2) is 4.02. The van der Waals surface area contributed by atoms with Crippen LogP contribution in [0.1, 0.15) is 0 Å². The number of hydrogen-bond acceptors (Lipinski definition) is 3. The van der Waals surface area contributed by atoms with Crippen molar-refractivity contribution in [2.45, 2.75) is 0 Å². The molecule has 1 aliphatic heterocycles. The van der Waals surface area contributed by atoms with Gasteiger partial charge in [-0.25, -0.2) is 8.42 Å². The van der Waals surface area contributed by atoms with Crippen LogP contribution in [0.4, 0.5) is 5.69 Å². The number of para-hydroxylation sites is 1. The molecular formula is C10H12ClNO2S. The molecule has 0 aromatic heterocycles. The van der Waals surface area contributed by atoms with Gasteiger partial charge in [0.15, 0.2) is 9.84 Å². The van der Waals surface area contributed by atoms with Crippen molar-refractivity contribution in [1.29, 1.82) is 0 Å². The van der Waals surface area contributed by atoms with E-state index in [1.54, 1.807) is 0 Å². The third kappa shape index (κ3) is 2.44. The summed E-state index contributed by atoms with van der Waals surface area (Å²) in [5.41, 5.74) is 0.925. The fraction of sp³-hybridized carbons (Fsp3) is 0.400. The van der Waals surface area contributed by atoms with Crippen molar-refractivity contribution in [2.75, 3.05) is 29.5 Å². The van der Waals surface area contributed by atoms with Crippen LogP contribution in [-0.2, 0) is 9.84 Å². The molecule has 82 valence electrons. The Bertz CT molecular complexity index is 444. The molecule has 0 atom stereocenters. The van der Waals surface area contributed by atoms with Crippen molar-refractivity contribution in [3.8, 4) is 0 Å². The number of anilines is 1. The Balaban J connectivity index is 2.18. The van der Waals surface area contributed by atoms with Gasteiger partial charge < -0.3 is 4.90 Å². The molecule has 0 bridgehead atoms. The lowest BCUT2D eigenvalue weighted by atomic mass is 10.3. The van der Waals surface area contributed by atoms with Crippen LogP contribution in [0, 0.1) is 0 Å². The first kappa shape index (κ1) is 10.8. The van der Waals surface area contributed by atoms with Crippen molar-refractivity contribution >= 4 is 27.1 Å². The molecule has 0 unspecified atom stereocenters. The van der Waals surface area contributed by atoms with E-state index >= 15 is 0 Å². The summed E-state index contributed by atoms with van der Waals surface area (Å²) in [5.74, 6) is 0.441. The lowest BCUT2D eigenvalue weighted by Crippen LogP contribution is -2.40. The van der Waals surface area contributed by atoms with Crippen molar-refractivity contribution in [3.05, 3.63) is 29.3 Å². The zero-order valence-electron chi connectivity index (χ0n) is 8.19. The van der Waals surface area contributed by atoms with Gasteiger partial charge in [0, 0.05) is 13.1 Å². The van der Waals surface area contributed by atoms with Crippen LogP contribution < -0.4 is 4.90 Å². The zero-order valence-corrected chi connectivity index (χ0v) is 9.76. The summed E-state index contributed by atoms with van der Waals surface area (Å²) in [4.78, 5) is 2.02. The van der Waals surface area contributed by atoms with Gasteiger partial charge in [0.1, 0.15) is 0 Å². The molecular weight excluding hydrogens is 234 g/mol. The first-order chi connectivity index (χ1) is 7.08. The lowest BCUT2D eigenvalue weighted by Gasteiger charge is -2.29. The van der Waals surface area contributed by atoms with Gasteiger partial charge in [0.2, 0.25) is 0 Å². The Morgan fingerprint density at radius 2 is 1.73 bits per heavy atom. The minimum absolute atomic E-state index is 0.220. The highest BCUT2D eigenvalue weighted by Crippen LogP contribution is 2.26. The van der Waals surface area contributed by atoms with Gasteiger partial charge in [0.25, 0.3) is 0 Å². The number of rotatable bonds is 1. The minimum atomic E-state index is -2.82. The highest BCUT2D eigenvalue weighted by atomic mass is 35.5. The average molecular weight is 246 g/mol. The number of sulfone groups is 1. The van der Waals surface area contributed by atoms with Crippen LogP contribution in [0.25, 0.3) is 0 Å². The van der Waals surface area contributed by atoms with Gasteiger partial charge in [-0.1, -0.05) is 23.7 Å². The maximum Gasteiger partial charge on any atom is 0.153 e. The van der Waals surface area contributed by atoms with Gasteiger partial charge in [-0.3, -0.25) is 0 Å². The number of nitrogens with zero attached hydrogens (tertiary/aromatic N) is 1. The van der Waals surface area contributed by atoms with E-state index in [0.717, 1.165) is 5.69 Å². The lowest BCUT2D eigenvalue weighted by molar-refractivity contribution is 0.587. The van der Waals surface area contributed by atoms with Crippen LogP contribution in [-0.4, -0.2) is 33.0 Å². The largest absolute Gasteiger partial charge is 0.368 e. The molecule has 0 saturated carbocycles. The zero-order chi connectivity index (χ0) is 10.9. The van der Waals surface area contributed by atoms with E-state index in [2.05, 4.69) is 0 Å². The molecule has 0 spiro atoms. The maximum atomic E-state index is 11.3.